The van der Waals surface area contributed by atoms with Crippen LogP contribution in [0.15, 0.2) is 49.0 Å². The van der Waals surface area contributed by atoms with Gasteiger partial charge in [0.25, 0.3) is 5.91 Å². The van der Waals surface area contributed by atoms with Gasteiger partial charge in [-0.25, -0.2) is 4.39 Å². The quantitative estimate of drug-likeness (QED) is 0.740. The molecule has 2 aromatic carbocycles. The van der Waals surface area contributed by atoms with Crippen LogP contribution < -0.4 is 5.73 Å². The predicted molar refractivity (Wildman–Crippen MR) is 115 cm³/mol. The Balaban J connectivity index is 1.78. The first-order chi connectivity index (χ1) is 13.9. The van der Waals surface area contributed by atoms with Crippen LogP contribution in [0.1, 0.15) is 34.0 Å². The Kier molecular flexibility index (Phi) is 6.44. The maximum atomic E-state index is 14.4. The lowest BCUT2D eigenvalue weighted by atomic mass is 9.95. The fraction of sp³-hybridized carbons (Fsp3) is 0.304. The summed E-state index contributed by atoms with van der Waals surface area (Å²) in [5.41, 5.74) is 8.75. The van der Waals surface area contributed by atoms with Gasteiger partial charge in [0, 0.05) is 55.1 Å². The highest BCUT2D eigenvalue weighted by atomic mass is 19.1. The van der Waals surface area contributed by atoms with Gasteiger partial charge in [-0.15, -0.1) is 0 Å². The molecule has 1 fully saturated rings. The van der Waals surface area contributed by atoms with E-state index >= 15 is 0 Å². The van der Waals surface area contributed by atoms with E-state index in [2.05, 4.69) is 18.4 Å². The largest absolute Gasteiger partial charge is 0.399 e. The van der Waals surface area contributed by atoms with Crippen LogP contribution in [0, 0.1) is 11.2 Å². The molecule has 2 aromatic rings. The van der Waals surface area contributed by atoms with E-state index < -0.39 is 5.82 Å². The normalized spacial score (nSPS) is 14.6. The lowest BCUT2D eigenvalue weighted by Gasteiger charge is -2.34. The summed E-state index contributed by atoms with van der Waals surface area (Å²) in [6.45, 7) is 9.60. The Hall–Kier alpha value is -2.99. The molecule has 3 rings (SSSR count). The van der Waals surface area contributed by atoms with Gasteiger partial charge in [-0.05, 0) is 24.2 Å². The minimum absolute atomic E-state index is 0.0665. The van der Waals surface area contributed by atoms with Gasteiger partial charge in [-0.2, -0.15) is 0 Å². The van der Waals surface area contributed by atoms with E-state index in [0.717, 1.165) is 19.6 Å². The van der Waals surface area contributed by atoms with E-state index in [1.807, 2.05) is 24.3 Å². The molecule has 0 atom stereocenters. The fourth-order valence-corrected chi connectivity index (χ4v) is 3.61. The molecule has 0 aliphatic carbocycles. The molecule has 1 amide bonds. The number of piperazine rings is 1. The van der Waals surface area contributed by atoms with Crippen molar-refractivity contribution in [2.24, 2.45) is 5.73 Å². The highest BCUT2D eigenvalue weighted by molar-refractivity contribution is 6.03. The number of nitrogens with zero attached hydrogens (tertiary/aromatic N) is 2. The van der Waals surface area contributed by atoms with Gasteiger partial charge >= 0.3 is 0 Å². The summed E-state index contributed by atoms with van der Waals surface area (Å²) in [6.07, 6.45) is 0.272. The van der Waals surface area contributed by atoms with Crippen molar-refractivity contribution in [2.45, 2.75) is 13.3 Å². The van der Waals surface area contributed by atoms with Gasteiger partial charge < -0.3 is 20.9 Å². The summed E-state index contributed by atoms with van der Waals surface area (Å²) in [4.78, 5) is 16.8. The van der Waals surface area contributed by atoms with Crippen LogP contribution in [0.25, 0.3) is 5.70 Å². The van der Waals surface area contributed by atoms with Crippen LogP contribution in [0.5, 0.6) is 0 Å². The Morgan fingerprint density at radius 3 is 2.38 bits per heavy atom. The highest BCUT2D eigenvalue weighted by Gasteiger charge is 2.24. The zero-order valence-electron chi connectivity index (χ0n) is 16.7. The third-order valence-electron chi connectivity index (χ3n) is 5.35. The van der Waals surface area contributed by atoms with Gasteiger partial charge in [0.15, 0.2) is 0 Å². The van der Waals surface area contributed by atoms with Crippen LogP contribution >= 0.6 is 0 Å². The van der Waals surface area contributed by atoms with Crippen molar-refractivity contribution in [2.75, 3.05) is 32.7 Å². The predicted octanol–water partition coefficient (Wildman–Crippen LogP) is 3.14. The number of carbonyl (C=O) groups is 1. The minimum Gasteiger partial charge on any atom is -0.399 e. The molecule has 152 valence electrons. The second kappa shape index (κ2) is 9.01. The molecule has 5 nitrogen and oxygen atoms in total. The molecular weight excluding hydrogens is 367 g/mol. The monoisotopic (exact) mass is 394 g/mol. The number of rotatable bonds is 6. The summed E-state index contributed by atoms with van der Waals surface area (Å²) >= 11 is 0. The number of nitrogens with one attached hydrogen (secondary N) is 1. The number of likely N-dealkylation sites (N-methyl/N-ethyl adjacent to an activating group) is 1. The molecule has 0 unspecified atom stereocenters. The molecule has 0 spiro atoms. The summed E-state index contributed by atoms with van der Waals surface area (Å²) in [7, 11) is 0. The van der Waals surface area contributed by atoms with Gasteiger partial charge in [0.05, 0.1) is 5.56 Å². The molecule has 1 aliphatic rings. The molecule has 1 aliphatic heterocycles. The summed E-state index contributed by atoms with van der Waals surface area (Å²) in [5, 5.41) is 8.48. The van der Waals surface area contributed by atoms with E-state index in [0.29, 0.717) is 41.2 Å². The lowest BCUT2D eigenvalue weighted by Crippen LogP contribution is -2.48. The molecule has 29 heavy (non-hydrogen) atoms. The second-order valence-electron chi connectivity index (χ2n) is 7.27. The number of amides is 1. The SMILES string of the molecule is C=C(N)c1ccccc1C(=N)Cc1ccc(F)c(C(=O)N2CCN(CC)CC2)c1. The fourth-order valence-electron chi connectivity index (χ4n) is 3.61. The van der Waals surface area contributed by atoms with Crippen LogP contribution in [0.3, 0.4) is 0 Å². The molecule has 6 heteroatoms. The number of benzene rings is 2. The van der Waals surface area contributed by atoms with E-state index in [4.69, 9.17) is 11.1 Å². The van der Waals surface area contributed by atoms with Gasteiger partial charge in [-0.1, -0.05) is 43.8 Å². The first-order valence-corrected chi connectivity index (χ1v) is 9.82. The summed E-state index contributed by atoms with van der Waals surface area (Å²) in [6, 6.07) is 11.8. The summed E-state index contributed by atoms with van der Waals surface area (Å²) < 4.78 is 14.4. The Morgan fingerprint density at radius 2 is 1.76 bits per heavy atom. The molecule has 0 aromatic heterocycles. The van der Waals surface area contributed by atoms with Crippen molar-refractivity contribution in [3.05, 3.63) is 77.1 Å². The molecule has 0 bridgehead atoms. The standard InChI is InChI=1S/C23H27FN4O/c1-3-27-10-12-28(13-11-27)23(29)20-14-17(8-9-21(20)24)15-22(26)19-7-5-4-6-18(19)16(2)25/h4-9,14,26H,2-3,10-13,15,25H2,1H3. The lowest BCUT2D eigenvalue weighted by molar-refractivity contribution is 0.0638. The molecule has 1 saturated heterocycles. The van der Waals surface area contributed by atoms with Crippen molar-refractivity contribution >= 4 is 17.3 Å². The van der Waals surface area contributed by atoms with Gasteiger partial charge in [-0.3, -0.25) is 4.79 Å². The molecule has 0 radical (unpaired) electrons. The average molecular weight is 394 g/mol. The summed E-state index contributed by atoms with van der Waals surface area (Å²) in [5.74, 6) is -0.818. The second-order valence-corrected chi connectivity index (χ2v) is 7.27. The zero-order valence-corrected chi connectivity index (χ0v) is 16.7. The molecular formula is C23H27FN4O. The number of hydrogen-bond donors (Lipinski definition) is 2. The van der Waals surface area contributed by atoms with Crippen molar-refractivity contribution in [1.82, 2.24) is 9.80 Å². The number of nitrogens with two attached hydrogens (primary N) is 1. The van der Waals surface area contributed by atoms with E-state index in [-0.39, 0.29) is 17.9 Å². The van der Waals surface area contributed by atoms with Crippen molar-refractivity contribution in [3.8, 4) is 0 Å². The van der Waals surface area contributed by atoms with Crippen molar-refractivity contribution in [3.63, 3.8) is 0 Å². The van der Waals surface area contributed by atoms with Gasteiger partial charge in [0.2, 0.25) is 0 Å². The smallest absolute Gasteiger partial charge is 0.256 e. The Morgan fingerprint density at radius 1 is 1.10 bits per heavy atom. The third kappa shape index (κ3) is 4.71. The molecule has 3 N–H and O–H groups in total. The minimum atomic E-state index is -0.529. The van der Waals surface area contributed by atoms with E-state index in [1.165, 1.54) is 6.07 Å². The van der Waals surface area contributed by atoms with E-state index in [9.17, 15) is 9.18 Å². The van der Waals surface area contributed by atoms with Crippen molar-refractivity contribution < 1.29 is 9.18 Å². The van der Waals surface area contributed by atoms with Crippen LogP contribution in [-0.2, 0) is 6.42 Å². The first-order valence-electron chi connectivity index (χ1n) is 9.82. The van der Waals surface area contributed by atoms with Crippen LogP contribution in [0.4, 0.5) is 4.39 Å². The molecule has 1 heterocycles. The zero-order chi connectivity index (χ0) is 21.0. The number of carbonyl (C=O) groups excluding carboxylic acids is 1. The number of hydrogen-bond acceptors (Lipinski definition) is 4. The van der Waals surface area contributed by atoms with Gasteiger partial charge in [0.1, 0.15) is 5.82 Å². The maximum absolute atomic E-state index is 14.4. The molecule has 0 saturated carbocycles. The van der Waals surface area contributed by atoms with Crippen LogP contribution in [0.2, 0.25) is 0 Å². The number of halogens is 1. The van der Waals surface area contributed by atoms with E-state index in [1.54, 1.807) is 17.0 Å². The maximum Gasteiger partial charge on any atom is 0.256 e. The Bertz CT molecular complexity index is 932. The third-order valence-corrected chi connectivity index (χ3v) is 5.35. The topological polar surface area (TPSA) is 73.4 Å². The average Bonchev–Trinajstić information content (AvgIpc) is 2.74. The van der Waals surface area contributed by atoms with Crippen molar-refractivity contribution in [1.29, 1.82) is 5.41 Å². The highest BCUT2D eigenvalue weighted by Crippen LogP contribution is 2.19. The first kappa shape index (κ1) is 20.7. The Labute approximate surface area is 171 Å². The van der Waals surface area contributed by atoms with Crippen LogP contribution in [-0.4, -0.2) is 54.1 Å².